The molecule has 0 aliphatic heterocycles. The summed E-state index contributed by atoms with van der Waals surface area (Å²) in [6, 6.07) is 1.89. The first-order chi connectivity index (χ1) is 4.43. The SMILES string of the molecule is CCSCc1ccno1. The molecule has 0 radical (unpaired) electrons. The Hall–Kier alpha value is -0.440. The van der Waals surface area contributed by atoms with E-state index < -0.39 is 0 Å². The highest BCUT2D eigenvalue weighted by atomic mass is 32.2. The zero-order valence-corrected chi connectivity index (χ0v) is 6.15. The zero-order valence-electron chi connectivity index (χ0n) is 5.33. The fraction of sp³-hybridized carbons (Fsp3) is 0.500. The van der Waals surface area contributed by atoms with Gasteiger partial charge in [-0.3, -0.25) is 0 Å². The summed E-state index contributed by atoms with van der Waals surface area (Å²) in [5.41, 5.74) is 0. The van der Waals surface area contributed by atoms with Gasteiger partial charge < -0.3 is 4.52 Å². The lowest BCUT2D eigenvalue weighted by Crippen LogP contribution is -1.73. The van der Waals surface area contributed by atoms with E-state index in [1.54, 1.807) is 6.20 Å². The summed E-state index contributed by atoms with van der Waals surface area (Å²) in [6.07, 6.45) is 1.67. The monoisotopic (exact) mass is 143 g/mol. The van der Waals surface area contributed by atoms with Crippen molar-refractivity contribution in [1.29, 1.82) is 0 Å². The van der Waals surface area contributed by atoms with Crippen molar-refractivity contribution in [2.45, 2.75) is 12.7 Å². The summed E-state index contributed by atoms with van der Waals surface area (Å²) in [6.45, 7) is 2.13. The quantitative estimate of drug-likeness (QED) is 0.646. The molecule has 9 heavy (non-hydrogen) atoms. The van der Waals surface area contributed by atoms with Crippen LogP contribution in [0.4, 0.5) is 0 Å². The van der Waals surface area contributed by atoms with Gasteiger partial charge in [0, 0.05) is 6.07 Å². The Kier molecular flexibility index (Phi) is 2.64. The van der Waals surface area contributed by atoms with Gasteiger partial charge in [-0.2, -0.15) is 11.8 Å². The standard InChI is InChI=1S/C6H9NOS/c1-2-9-5-6-3-4-7-8-6/h3-4H,2,5H2,1H3. The molecule has 0 unspecified atom stereocenters. The molecule has 0 amide bonds. The van der Waals surface area contributed by atoms with Gasteiger partial charge in [-0.1, -0.05) is 12.1 Å². The molecule has 3 heteroatoms. The zero-order chi connectivity index (χ0) is 6.53. The van der Waals surface area contributed by atoms with Crippen LogP contribution in [0.1, 0.15) is 12.7 Å². The average Bonchev–Trinajstić information content (AvgIpc) is 2.34. The lowest BCUT2D eigenvalue weighted by molar-refractivity contribution is 0.395. The predicted molar refractivity (Wildman–Crippen MR) is 38.3 cm³/mol. The Morgan fingerprint density at radius 3 is 3.22 bits per heavy atom. The summed E-state index contributed by atoms with van der Waals surface area (Å²) in [5, 5.41) is 3.59. The molecule has 0 atom stereocenters. The first-order valence-corrected chi connectivity index (χ1v) is 4.06. The van der Waals surface area contributed by atoms with Gasteiger partial charge in [0.1, 0.15) is 5.76 Å². The maximum Gasteiger partial charge on any atom is 0.146 e. The van der Waals surface area contributed by atoms with E-state index in [4.69, 9.17) is 4.52 Å². The van der Waals surface area contributed by atoms with Gasteiger partial charge in [0.2, 0.25) is 0 Å². The molecule has 0 spiro atoms. The van der Waals surface area contributed by atoms with Crippen molar-refractivity contribution in [3.63, 3.8) is 0 Å². The summed E-state index contributed by atoms with van der Waals surface area (Å²) in [4.78, 5) is 0. The third-order valence-corrected chi connectivity index (χ3v) is 1.84. The number of rotatable bonds is 3. The molecule has 0 aromatic carbocycles. The van der Waals surface area contributed by atoms with Crippen LogP contribution in [0.5, 0.6) is 0 Å². The molecular formula is C6H9NOS. The van der Waals surface area contributed by atoms with Crippen LogP contribution in [-0.2, 0) is 5.75 Å². The van der Waals surface area contributed by atoms with Crippen LogP contribution in [0.3, 0.4) is 0 Å². The molecule has 0 saturated heterocycles. The Morgan fingerprint density at radius 2 is 2.67 bits per heavy atom. The van der Waals surface area contributed by atoms with Crippen molar-refractivity contribution >= 4 is 11.8 Å². The fourth-order valence-electron chi connectivity index (χ4n) is 0.519. The van der Waals surface area contributed by atoms with Gasteiger partial charge >= 0.3 is 0 Å². The highest BCUT2D eigenvalue weighted by Crippen LogP contribution is 2.09. The van der Waals surface area contributed by atoms with E-state index >= 15 is 0 Å². The van der Waals surface area contributed by atoms with Crippen molar-refractivity contribution < 1.29 is 4.52 Å². The summed E-state index contributed by atoms with van der Waals surface area (Å²) in [5.74, 6) is 3.03. The smallest absolute Gasteiger partial charge is 0.146 e. The maximum absolute atomic E-state index is 4.86. The molecule has 1 rings (SSSR count). The van der Waals surface area contributed by atoms with Crippen molar-refractivity contribution in [3.8, 4) is 0 Å². The third kappa shape index (κ3) is 2.10. The molecule has 1 aromatic heterocycles. The van der Waals surface area contributed by atoms with Crippen molar-refractivity contribution in [2.24, 2.45) is 0 Å². The lowest BCUT2D eigenvalue weighted by Gasteiger charge is -1.88. The Bertz CT molecular complexity index is 150. The molecule has 0 bridgehead atoms. The van der Waals surface area contributed by atoms with Crippen LogP contribution in [0.15, 0.2) is 16.8 Å². The second kappa shape index (κ2) is 3.56. The van der Waals surface area contributed by atoms with Crippen molar-refractivity contribution in [2.75, 3.05) is 5.75 Å². The predicted octanol–water partition coefficient (Wildman–Crippen LogP) is 1.93. The largest absolute Gasteiger partial charge is 0.361 e. The van der Waals surface area contributed by atoms with Gasteiger partial charge in [0.05, 0.1) is 11.9 Å². The lowest BCUT2D eigenvalue weighted by atomic mass is 10.5. The van der Waals surface area contributed by atoms with Crippen LogP contribution in [0, 0.1) is 0 Å². The van der Waals surface area contributed by atoms with Crippen molar-refractivity contribution in [3.05, 3.63) is 18.0 Å². The average molecular weight is 143 g/mol. The van der Waals surface area contributed by atoms with E-state index in [9.17, 15) is 0 Å². The van der Waals surface area contributed by atoms with E-state index in [1.807, 2.05) is 17.8 Å². The number of nitrogens with zero attached hydrogens (tertiary/aromatic N) is 1. The van der Waals surface area contributed by atoms with E-state index in [1.165, 1.54) is 0 Å². The molecule has 1 heterocycles. The highest BCUT2D eigenvalue weighted by Gasteiger charge is 1.93. The molecule has 1 aromatic rings. The number of hydrogen-bond acceptors (Lipinski definition) is 3. The Balaban J connectivity index is 2.30. The topological polar surface area (TPSA) is 26.0 Å². The van der Waals surface area contributed by atoms with Gasteiger partial charge in [-0.15, -0.1) is 0 Å². The number of aromatic nitrogens is 1. The minimum absolute atomic E-state index is 0.941. The summed E-state index contributed by atoms with van der Waals surface area (Å²) >= 11 is 1.83. The van der Waals surface area contributed by atoms with Crippen LogP contribution >= 0.6 is 11.8 Å². The van der Waals surface area contributed by atoms with Gasteiger partial charge in [-0.05, 0) is 5.75 Å². The fourth-order valence-corrected chi connectivity index (χ4v) is 1.07. The first-order valence-electron chi connectivity index (χ1n) is 2.90. The molecule has 0 saturated carbocycles. The Labute approximate surface area is 58.6 Å². The van der Waals surface area contributed by atoms with E-state index in [2.05, 4.69) is 12.1 Å². The molecular weight excluding hydrogens is 134 g/mol. The normalized spacial score (nSPS) is 9.89. The van der Waals surface area contributed by atoms with Gasteiger partial charge in [0.15, 0.2) is 0 Å². The van der Waals surface area contributed by atoms with E-state index in [0.717, 1.165) is 17.3 Å². The number of hydrogen-bond donors (Lipinski definition) is 0. The highest BCUT2D eigenvalue weighted by molar-refractivity contribution is 7.98. The maximum atomic E-state index is 4.86. The molecule has 0 aliphatic rings. The minimum Gasteiger partial charge on any atom is -0.361 e. The number of thioether (sulfide) groups is 1. The molecule has 0 aliphatic carbocycles. The van der Waals surface area contributed by atoms with Crippen LogP contribution in [-0.4, -0.2) is 10.9 Å². The second-order valence-electron chi connectivity index (χ2n) is 1.62. The summed E-state index contributed by atoms with van der Waals surface area (Å²) < 4.78 is 4.86. The van der Waals surface area contributed by atoms with E-state index in [0.29, 0.717) is 0 Å². The molecule has 2 nitrogen and oxygen atoms in total. The molecule has 0 N–H and O–H groups in total. The second-order valence-corrected chi connectivity index (χ2v) is 2.89. The molecule has 0 fully saturated rings. The van der Waals surface area contributed by atoms with Gasteiger partial charge in [-0.25, -0.2) is 0 Å². The molecule has 50 valence electrons. The Morgan fingerprint density at radius 1 is 1.78 bits per heavy atom. The van der Waals surface area contributed by atoms with Crippen LogP contribution in [0.2, 0.25) is 0 Å². The minimum atomic E-state index is 0.941. The van der Waals surface area contributed by atoms with Crippen molar-refractivity contribution in [1.82, 2.24) is 5.16 Å². The van der Waals surface area contributed by atoms with Gasteiger partial charge in [0.25, 0.3) is 0 Å². The summed E-state index contributed by atoms with van der Waals surface area (Å²) in [7, 11) is 0. The third-order valence-electron chi connectivity index (χ3n) is 0.940. The van der Waals surface area contributed by atoms with Crippen LogP contribution < -0.4 is 0 Å². The van der Waals surface area contributed by atoms with Crippen LogP contribution in [0.25, 0.3) is 0 Å². The van der Waals surface area contributed by atoms with E-state index in [-0.39, 0.29) is 0 Å². The first kappa shape index (κ1) is 6.68.